The highest BCUT2D eigenvalue weighted by Gasteiger charge is 2.39. The van der Waals surface area contributed by atoms with Crippen LogP contribution >= 0.6 is 0 Å². The third-order valence-electron chi connectivity index (χ3n) is 5.41. The summed E-state index contributed by atoms with van der Waals surface area (Å²) in [5, 5.41) is 6.56. The second-order valence-corrected chi connectivity index (χ2v) is 7.40. The molecule has 1 fully saturated rings. The van der Waals surface area contributed by atoms with E-state index in [4.69, 9.17) is 4.74 Å². The minimum Gasteiger partial charge on any atom is -0.496 e. The number of aromatic nitrogens is 1. The van der Waals surface area contributed by atoms with Gasteiger partial charge in [-0.1, -0.05) is 36.4 Å². The number of fused-ring (bicyclic) bond motifs is 1. The van der Waals surface area contributed by atoms with E-state index in [-0.39, 0.29) is 18.9 Å². The fourth-order valence-corrected chi connectivity index (χ4v) is 3.80. The summed E-state index contributed by atoms with van der Waals surface area (Å²) in [7, 11) is 1.54. The number of amides is 4. The second-order valence-electron chi connectivity index (χ2n) is 7.40. The molecule has 3 aromatic rings. The van der Waals surface area contributed by atoms with E-state index in [2.05, 4.69) is 15.6 Å². The third-order valence-corrected chi connectivity index (χ3v) is 5.41. The van der Waals surface area contributed by atoms with Gasteiger partial charge in [-0.2, -0.15) is 0 Å². The minimum absolute atomic E-state index is 0.0906. The van der Waals surface area contributed by atoms with E-state index >= 15 is 0 Å². The standard InChI is InChI=1S/C23H24N4O4/c1-31-20-9-5-2-6-16(20)14-27-22(29)19(26-23(27)30)12-21(28)24-11-10-15-13-25-18-8-4-3-7-17(15)18/h2-9,13,19,25H,10-12,14H2,1H3,(H,24,28)(H,26,30)/t19-/m1/s1. The number of H-pyrrole nitrogens is 1. The van der Waals surface area contributed by atoms with Gasteiger partial charge in [0.25, 0.3) is 5.91 Å². The van der Waals surface area contributed by atoms with Crippen LogP contribution in [0.2, 0.25) is 0 Å². The molecular formula is C23H24N4O4. The van der Waals surface area contributed by atoms with Crippen molar-refractivity contribution in [1.29, 1.82) is 0 Å². The van der Waals surface area contributed by atoms with Crippen molar-refractivity contribution in [3.63, 3.8) is 0 Å². The quantitative estimate of drug-likeness (QED) is 0.487. The maximum atomic E-state index is 12.7. The van der Waals surface area contributed by atoms with E-state index in [0.29, 0.717) is 18.7 Å². The molecule has 0 aliphatic carbocycles. The van der Waals surface area contributed by atoms with Gasteiger partial charge in [-0.05, 0) is 24.1 Å². The van der Waals surface area contributed by atoms with Crippen molar-refractivity contribution in [2.45, 2.75) is 25.4 Å². The Balaban J connectivity index is 1.30. The highest BCUT2D eigenvalue weighted by atomic mass is 16.5. The predicted octanol–water partition coefficient (Wildman–Crippen LogP) is 2.35. The summed E-state index contributed by atoms with van der Waals surface area (Å²) in [5.41, 5.74) is 2.89. The van der Waals surface area contributed by atoms with Gasteiger partial charge in [0, 0.05) is 29.2 Å². The molecule has 160 valence electrons. The number of hydrogen-bond donors (Lipinski definition) is 3. The highest BCUT2D eigenvalue weighted by molar-refractivity contribution is 6.05. The van der Waals surface area contributed by atoms with Gasteiger partial charge in [0.15, 0.2) is 0 Å². The molecule has 0 unspecified atom stereocenters. The third kappa shape index (κ3) is 4.37. The van der Waals surface area contributed by atoms with Crippen LogP contribution < -0.4 is 15.4 Å². The molecule has 2 aromatic carbocycles. The number of aromatic amines is 1. The summed E-state index contributed by atoms with van der Waals surface area (Å²) >= 11 is 0. The number of carbonyl (C=O) groups is 3. The van der Waals surface area contributed by atoms with E-state index < -0.39 is 18.0 Å². The van der Waals surface area contributed by atoms with Crippen molar-refractivity contribution in [2.75, 3.05) is 13.7 Å². The smallest absolute Gasteiger partial charge is 0.325 e. The van der Waals surface area contributed by atoms with Crippen LogP contribution in [0.5, 0.6) is 5.75 Å². The minimum atomic E-state index is -0.865. The molecule has 1 aliphatic heterocycles. The van der Waals surface area contributed by atoms with Crippen molar-refractivity contribution in [3.05, 3.63) is 65.9 Å². The molecule has 2 heterocycles. The molecule has 1 saturated heterocycles. The first-order valence-corrected chi connectivity index (χ1v) is 10.1. The van der Waals surface area contributed by atoms with Crippen LogP contribution in [0.25, 0.3) is 10.9 Å². The summed E-state index contributed by atoms with van der Waals surface area (Å²) < 4.78 is 5.28. The molecule has 8 nitrogen and oxygen atoms in total. The molecule has 1 aromatic heterocycles. The number of para-hydroxylation sites is 2. The average molecular weight is 420 g/mol. The van der Waals surface area contributed by atoms with Crippen LogP contribution in [0, 0.1) is 0 Å². The Kier molecular flexibility index (Phi) is 5.88. The summed E-state index contributed by atoms with van der Waals surface area (Å²) in [6.07, 6.45) is 2.51. The molecule has 31 heavy (non-hydrogen) atoms. The molecule has 1 atom stereocenters. The van der Waals surface area contributed by atoms with E-state index in [1.807, 2.05) is 42.6 Å². The van der Waals surface area contributed by atoms with E-state index in [0.717, 1.165) is 26.9 Å². The lowest BCUT2D eigenvalue weighted by atomic mass is 10.1. The van der Waals surface area contributed by atoms with Crippen molar-refractivity contribution < 1.29 is 19.1 Å². The number of hydrogen-bond acceptors (Lipinski definition) is 4. The van der Waals surface area contributed by atoms with Crippen LogP contribution in [0.15, 0.2) is 54.7 Å². The van der Waals surface area contributed by atoms with Gasteiger partial charge in [-0.15, -0.1) is 0 Å². The molecule has 1 aliphatic rings. The maximum absolute atomic E-state index is 12.7. The molecule has 8 heteroatoms. The van der Waals surface area contributed by atoms with Crippen LogP contribution in [0.4, 0.5) is 4.79 Å². The fourth-order valence-electron chi connectivity index (χ4n) is 3.80. The van der Waals surface area contributed by atoms with Gasteiger partial charge in [-0.25, -0.2) is 4.79 Å². The normalized spacial score (nSPS) is 15.9. The number of imide groups is 1. The molecule has 4 amide bonds. The van der Waals surface area contributed by atoms with Gasteiger partial charge in [0.1, 0.15) is 11.8 Å². The first-order valence-electron chi connectivity index (χ1n) is 10.1. The van der Waals surface area contributed by atoms with Crippen LogP contribution in [-0.2, 0) is 22.6 Å². The zero-order valence-electron chi connectivity index (χ0n) is 17.2. The first-order chi connectivity index (χ1) is 15.1. The Labute approximate surface area is 179 Å². The lowest BCUT2D eigenvalue weighted by Gasteiger charge is -2.15. The second kappa shape index (κ2) is 8.91. The van der Waals surface area contributed by atoms with Crippen LogP contribution in [-0.4, -0.2) is 47.4 Å². The first kappa shape index (κ1) is 20.5. The summed E-state index contributed by atoms with van der Waals surface area (Å²) in [6, 6.07) is 13.8. The Morgan fingerprint density at radius 2 is 1.87 bits per heavy atom. The number of benzene rings is 2. The molecule has 0 radical (unpaired) electrons. The van der Waals surface area contributed by atoms with Gasteiger partial charge in [0.2, 0.25) is 5.91 Å². The Morgan fingerprint density at radius 1 is 1.10 bits per heavy atom. The van der Waals surface area contributed by atoms with E-state index in [1.54, 1.807) is 12.1 Å². The van der Waals surface area contributed by atoms with Crippen LogP contribution in [0.1, 0.15) is 17.5 Å². The average Bonchev–Trinajstić information content (AvgIpc) is 3.30. The Morgan fingerprint density at radius 3 is 2.71 bits per heavy atom. The van der Waals surface area contributed by atoms with Gasteiger partial charge in [-0.3, -0.25) is 14.5 Å². The number of methoxy groups -OCH3 is 1. The topological polar surface area (TPSA) is 104 Å². The molecular weight excluding hydrogens is 396 g/mol. The molecule has 4 rings (SSSR count). The summed E-state index contributed by atoms with van der Waals surface area (Å²) in [5.74, 6) is -0.0955. The lowest BCUT2D eigenvalue weighted by Crippen LogP contribution is -2.37. The predicted molar refractivity (Wildman–Crippen MR) is 115 cm³/mol. The number of ether oxygens (including phenoxy) is 1. The largest absolute Gasteiger partial charge is 0.496 e. The van der Waals surface area contributed by atoms with Crippen molar-refractivity contribution >= 4 is 28.7 Å². The van der Waals surface area contributed by atoms with Gasteiger partial charge >= 0.3 is 6.03 Å². The Bertz CT molecular complexity index is 1120. The summed E-state index contributed by atoms with van der Waals surface area (Å²) in [6.45, 7) is 0.536. The number of urea groups is 1. The van der Waals surface area contributed by atoms with Crippen molar-refractivity contribution in [2.24, 2.45) is 0 Å². The molecule has 3 N–H and O–H groups in total. The monoisotopic (exact) mass is 420 g/mol. The van der Waals surface area contributed by atoms with Crippen molar-refractivity contribution in [3.8, 4) is 5.75 Å². The fraction of sp³-hybridized carbons (Fsp3) is 0.261. The Hall–Kier alpha value is -3.81. The molecule has 0 bridgehead atoms. The van der Waals surface area contributed by atoms with Gasteiger partial charge in [0.05, 0.1) is 20.1 Å². The molecule has 0 spiro atoms. The zero-order chi connectivity index (χ0) is 21.8. The zero-order valence-corrected chi connectivity index (χ0v) is 17.2. The van der Waals surface area contributed by atoms with Crippen molar-refractivity contribution in [1.82, 2.24) is 20.5 Å². The summed E-state index contributed by atoms with van der Waals surface area (Å²) in [4.78, 5) is 41.6. The number of nitrogens with zero attached hydrogens (tertiary/aromatic N) is 1. The molecule has 0 saturated carbocycles. The van der Waals surface area contributed by atoms with Gasteiger partial charge < -0.3 is 20.4 Å². The lowest BCUT2D eigenvalue weighted by molar-refractivity contribution is -0.131. The SMILES string of the molecule is COc1ccccc1CN1C(=O)N[C@H](CC(=O)NCCc2c[nH]c3ccccc23)C1=O. The van der Waals surface area contributed by atoms with Crippen LogP contribution in [0.3, 0.4) is 0 Å². The highest BCUT2D eigenvalue weighted by Crippen LogP contribution is 2.22. The van der Waals surface area contributed by atoms with E-state index in [9.17, 15) is 14.4 Å². The number of rotatable bonds is 8. The van der Waals surface area contributed by atoms with E-state index in [1.165, 1.54) is 7.11 Å². The number of nitrogens with one attached hydrogen (secondary N) is 3. The number of carbonyl (C=O) groups excluding carboxylic acids is 3. The maximum Gasteiger partial charge on any atom is 0.325 e.